The summed E-state index contributed by atoms with van der Waals surface area (Å²) in [7, 11) is 0. The van der Waals surface area contributed by atoms with Gasteiger partial charge in [0, 0.05) is 22.9 Å². The van der Waals surface area contributed by atoms with E-state index in [0.717, 1.165) is 17.0 Å². The highest BCUT2D eigenvalue weighted by molar-refractivity contribution is 7.99. The number of para-hydroxylation sites is 1. The maximum absolute atomic E-state index is 8.91. The van der Waals surface area contributed by atoms with Gasteiger partial charge >= 0.3 is 0 Å². The minimum absolute atomic E-state index is 0.693. The molecule has 20 heavy (non-hydrogen) atoms. The Morgan fingerprint density at radius 3 is 2.85 bits per heavy atom. The zero-order valence-corrected chi connectivity index (χ0v) is 12.0. The fourth-order valence-corrected chi connectivity index (χ4v) is 2.60. The minimum Gasteiger partial charge on any atom is -0.380 e. The molecule has 0 saturated heterocycles. The number of hydrogen-bond donors (Lipinski definition) is 1. The monoisotopic (exact) mass is 280 g/mol. The fraction of sp³-hybridized carbons (Fsp3) is 0.118. The first-order chi connectivity index (χ1) is 9.83. The van der Waals surface area contributed by atoms with Crippen molar-refractivity contribution in [1.29, 1.82) is 5.26 Å². The molecule has 2 aromatic carbocycles. The van der Waals surface area contributed by atoms with Crippen LogP contribution in [0.15, 0.2) is 66.1 Å². The quantitative estimate of drug-likeness (QED) is 0.627. The molecule has 0 saturated carbocycles. The minimum atomic E-state index is 0.693. The summed E-state index contributed by atoms with van der Waals surface area (Å²) < 4.78 is 0. The van der Waals surface area contributed by atoms with Crippen molar-refractivity contribution in [1.82, 2.24) is 0 Å². The first-order valence-corrected chi connectivity index (χ1v) is 7.37. The molecule has 0 amide bonds. The molecule has 0 unspecified atom stereocenters. The number of thioether (sulfide) groups is 1. The van der Waals surface area contributed by atoms with Crippen LogP contribution in [0.5, 0.6) is 0 Å². The van der Waals surface area contributed by atoms with Crippen molar-refractivity contribution in [2.75, 3.05) is 11.1 Å². The van der Waals surface area contributed by atoms with E-state index in [1.54, 1.807) is 11.8 Å². The van der Waals surface area contributed by atoms with Crippen LogP contribution < -0.4 is 5.32 Å². The summed E-state index contributed by atoms with van der Waals surface area (Å²) in [6.07, 6.45) is 1.90. The molecule has 3 heteroatoms. The first-order valence-electron chi connectivity index (χ1n) is 6.39. The van der Waals surface area contributed by atoms with Crippen molar-refractivity contribution in [3.05, 3.63) is 72.3 Å². The number of anilines is 1. The molecule has 0 aliphatic carbocycles. The molecular weight excluding hydrogens is 264 g/mol. The van der Waals surface area contributed by atoms with Crippen LogP contribution in [0, 0.1) is 11.3 Å². The number of hydrogen-bond acceptors (Lipinski definition) is 3. The summed E-state index contributed by atoms with van der Waals surface area (Å²) in [5, 5.41) is 12.3. The third kappa shape index (κ3) is 3.91. The van der Waals surface area contributed by atoms with E-state index in [2.05, 4.69) is 30.1 Å². The summed E-state index contributed by atoms with van der Waals surface area (Å²) >= 11 is 1.76. The Morgan fingerprint density at radius 1 is 1.20 bits per heavy atom. The first kappa shape index (κ1) is 14.2. The van der Waals surface area contributed by atoms with Crippen molar-refractivity contribution < 1.29 is 0 Å². The van der Waals surface area contributed by atoms with Crippen LogP contribution in [-0.4, -0.2) is 5.75 Å². The molecule has 0 aromatic heterocycles. The van der Waals surface area contributed by atoms with Gasteiger partial charge in [0.15, 0.2) is 0 Å². The summed E-state index contributed by atoms with van der Waals surface area (Å²) in [6, 6.07) is 18.0. The number of nitrogens with one attached hydrogen (secondary N) is 1. The summed E-state index contributed by atoms with van der Waals surface area (Å²) in [5.74, 6) is 0.891. The Morgan fingerprint density at radius 2 is 2.05 bits per heavy atom. The molecule has 0 fully saturated rings. The van der Waals surface area contributed by atoms with Gasteiger partial charge in [-0.2, -0.15) is 5.26 Å². The van der Waals surface area contributed by atoms with E-state index in [4.69, 9.17) is 5.26 Å². The topological polar surface area (TPSA) is 35.8 Å². The number of nitriles is 1. The van der Waals surface area contributed by atoms with Crippen molar-refractivity contribution in [3.8, 4) is 6.07 Å². The van der Waals surface area contributed by atoms with Crippen molar-refractivity contribution in [3.63, 3.8) is 0 Å². The van der Waals surface area contributed by atoms with E-state index in [1.165, 1.54) is 4.90 Å². The Hall–Kier alpha value is -2.18. The second-order valence-corrected chi connectivity index (χ2v) is 5.32. The van der Waals surface area contributed by atoms with Gasteiger partial charge in [-0.05, 0) is 29.8 Å². The molecule has 0 heterocycles. The van der Waals surface area contributed by atoms with E-state index in [1.807, 2.05) is 42.5 Å². The predicted octanol–water partition coefficient (Wildman–Crippen LogP) is 4.45. The van der Waals surface area contributed by atoms with Gasteiger partial charge in [0.1, 0.15) is 0 Å². The summed E-state index contributed by atoms with van der Waals surface area (Å²) in [4.78, 5) is 1.21. The Kier molecular flexibility index (Phi) is 5.28. The highest BCUT2D eigenvalue weighted by atomic mass is 32.2. The van der Waals surface area contributed by atoms with Crippen molar-refractivity contribution in [2.24, 2.45) is 0 Å². The molecule has 0 radical (unpaired) electrons. The molecule has 0 bridgehead atoms. The van der Waals surface area contributed by atoms with Gasteiger partial charge in [0.2, 0.25) is 0 Å². The Bertz CT molecular complexity index is 629. The van der Waals surface area contributed by atoms with Crippen molar-refractivity contribution >= 4 is 17.4 Å². The van der Waals surface area contributed by atoms with Gasteiger partial charge in [-0.15, -0.1) is 18.3 Å². The van der Waals surface area contributed by atoms with E-state index in [0.29, 0.717) is 12.1 Å². The molecule has 2 rings (SSSR count). The molecule has 2 nitrogen and oxygen atoms in total. The third-order valence-corrected chi connectivity index (χ3v) is 3.85. The molecule has 0 atom stereocenters. The van der Waals surface area contributed by atoms with Gasteiger partial charge in [-0.3, -0.25) is 0 Å². The summed E-state index contributed by atoms with van der Waals surface area (Å²) in [6.45, 7) is 4.46. The Balaban J connectivity index is 2.06. The van der Waals surface area contributed by atoms with Crippen LogP contribution in [0.25, 0.3) is 0 Å². The molecule has 0 spiro atoms. The Labute approximate surface area is 124 Å². The molecule has 100 valence electrons. The van der Waals surface area contributed by atoms with Gasteiger partial charge in [0.25, 0.3) is 0 Å². The number of benzene rings is 2. The van der Waals surface area contributed by atoms with Crippen LogP contribution in [-0.2, 0) is 6.54 Å². The number of nitrogens with zero attached hydrogens (tertiary/aromatic N) is 1. The standard InChI is InChI=1S/C17H16N2S/c1-2-10-20-17-9-4-3-8-16(17)19-13-15-7-5-6-14(11-15)12-18/h2-9,11,19H,1,10,13H2. The fourth-order valence-electron chi connectivity index (χ4n) is 1.84. The van der Waals surface area contributed by atoms with E-state index in [9.17, 15) is 0 Å². The lowest BCUT2D eigenvalue weighted by molar-refractivity contribution is 1.13. The normalized spacial score (nSPS) is 9.75. The lowest BCUT2D eigenvalue weighted by atomic mass is 10.1. The molecule has 2 aromatic rings. The molecule has 0 aliphatic heterocycles. The van der Waals surface area contributed by atoms with Crippen LogP contribution in [0.3, 0.4) is 0 Å². The molecular formula is C17H16N2S. The largest absolute Gasteiger partial charge is 0.380 e. The lowest BCUT2D eigenvalue weighted by Crippen LogP contribution is -2.00. The van der Waals surface area contributed by atoms with Crippen molar-refractivity contribution in [2.45, 2.75) is 11.4 Å². The van der Waals surface area contributed by atoms with Crippen LogP contribution >= 0.6 is 11.8 Å². The van der Waals surface area contributed by atoms with Gasteiger partial charge in [-0.25, -0.2) is 0 Å². The van der Waals surface area contributed by atoms with Gasteiger partial charge in [-0.1, -0.05) is 30.3 Å². The zero-order chi connectivity index (χ0) is 14.2. The third-order valence-electron chi connectivity index (χ3n) is 2.78. The second-order valence-electron chi connectivity index (χ2n) is 4.26. The predicted molar refractivity (Wildman–Crippen MR) is 85.8 cm³/mol. The second kappa shape index (κ2) is 7.42. The highest BCUT2D eigenvalue weighted by Crippen LogP contribution is 2.27. The molecule has 0 aliphatic rings. The number of rotatable bonds is 6. The van der Waals surface area contributed by atoms with Crippen LogP contribution in [0.2, 0.25) is 0 Å². The van der Waals surface area contributed by atoms with Crippen LogP contribution in [0.4, 0.5) is 5.69 Å². The van der Waals surface area contributed by atoms with E-state index < -0.39 is 0 Å². The average Bonchev–Trinajstić information content (AvgIpc) is 2.52. The maximum Gasteiger partial charge on any atom is 0.0991 e. The van der Waals surface area contributed by atoms with Gasteiger partial charge < -0.3 is 5.32 Å². The lowest BCUT2D eigenvalue weighted by Gasteiger charge is -2.11. The smallest absolute Gasteiger partial charge is 0.0991 e. The van der Waals surface area contributed by atoms with Crippen LogP contribution in [0.1, 0.15) is 11.1 Å². The van der Waals surface area contributed by atoms with E-state index in [-0.39, 0.29) is 0 Å². The summed E-state index contributed by atoms with van der Waals surface area (Å²) in [5.41, 5.74) is 2.91. The van der Waals surface area contributed by atoms with Gasteiger partial charge in [0.05, 0.1) is 11.6 Å². The average molecular weight is 280 g/mol. The molecule has 1 N–H and O–H groups in total. The van der Waals surface area contributed by atoms with E-state index >= 15 is 0 Å². The highest BCUT2D eigenvalue weighted by Gasteiger charge is 2.02. The SMILES string of the molecule is C=CCSc1ccccc1NCc1cccc(C#N)c1. The maximum atomic E-state index is 8.91. The zero-order valence-electron chi connectivity index (χ0n) is 11.2.